The van der Waals surface area contributed by atoms with E-state index in [2.05, 4.69) is 20.3 Å². The minimum atomic E-state index is -0.508. The molecule has 3 heterocycles. The number of pyridine rings is 3. The minimum Gasteiger partial charge on any atom is -0.455 e. The largest absolute Gasteiger partial charge is 0.455 e. The van der Waals surface area contributed by atoms with Crippen LogP contribution in [0.1, 0.15) is 16.2 Å². The Morgan fingerprint density at radius 3 is 2.79 bits per heavy atom. The predicted octanol–water partition coefficient (Wildman–Crippen LogP) is 3.36. The van der Waals surface area contributed by atoms with Crippen LogP contribution in [0.2, 0.25) is 0 Å². The topological polar surface area (TPSA) is 77.0 Å². The first kappa shape index (κ1) is 15.5. The normalized spacial score (nSPS) is 10.2. The number of halogens is 1. The smallest absolute Gasteiger partial charge is 0.275 e. The fourth-order valence-corrected chi connectivity index (χ4v) is 2.01. The number of aryl methyl sites for hydroxylation is 1. The molecule has 0 unspecified atom stereocenters. The van der Waals surface area contributed by atoms with Crippen molar-refractivity contribution in [1.29, 1.82) is 0 Å². The first-order valence-electron chi connectivity index (χ1n) is 7.09. The van der Waals surface area contributed by atoms with Crippen LogP contribution in [0, 0.1) is 12.7 Å². The molecule has 0 aromatic carbocycles. The van der Waals surface area contributed by atoms with Gasteiger partial charge in [-0.15, -0.1) is 0 Å². The lowest BCUT2D eigenvalue weighted by Gasteiger charge is -2.09. The zero-order valence-electron chi connectivity index (χ0n) is 12.7. The maximum atomic E-state index is 13.2. The highest BCUT2D eigenvalue weighted by Gasteiger charge is 2.12. The van der Waals surface area contributed by atoms with Crippen LogP contribution < -0.4 is 10.1 Å². The average Bonchev–Trinajstić information content (AvgIpc) is 2.55. The van der Waals surface area contributed by atoms with Gasteiger partial charge in [0.2, 0.25) is 0 Å². The summed E-state index contributed by atoms with van der Waals surface area (Å²) in [5.41, 5.74) is 0.753. The van der Waals surface area contributed by atoms with Crippen LogP contribution in [0.25, 0.3) is 0 Å². The summed E-state index contributed by atoms with van der Waals surface area (Å²) in [7, 11) is 0. The zero-order chi connectivity index (χ0) is 16.9. The molecule has 0 saturated carbocycles. The summed E-state index contributed by atoms with van der Waals surface area (Å²) in [4.78, 5) is 24.2. The molecule has 0 spiro atoms. The van der Waals surface area contributed by atoms with Crippen LogP contribution in [0.5, 0.6) is 11.5 Å². The Morgan fingerprint density at radius 2 is 2.04 bits per heavy atom. The van der Waals surface area contributed by atoms with Crippen molar-refractivity contribution in [1.82, 2.24) is 15.0 Å². The van der Waals surface area contributed by atoms with Crippen LogP contribution in [0.15, 0.2) is 55.0 Å². The van der Waals surface area contributed by atoms with Gasteiger partial charge in [-0.25, -0.2) is 14.4 Å². The highest BCUT2D eigenvalue weighted by Crippen LogP contribution is 2.22. The summed E-state index contributed by atoms with van der Waals surface area (Å²) in [6.45, 7) is 1.73. The van der Waals surface area contributed by atoms with E-state index in [0.29, 0.717) is 17.3 Å². The molecule has 1 amide bonds. The molecule has 0 fully saturated rings. The van der Waals surface area contributed by atoms with Crippen molar-refractivity contribution in [2.24, 2.45) is 0 Å². The van der Waals surface area contributed by atoms with Crippen LogP contribution in [-0.4, -0.2) is 20.9 Å². The van der Waals surface area contributed by atoms with Crippen molar-refractivity contribution in [3.63, 3.8) is 0 Å². The second-order valence-corrected chi connectivity index (χ2v) is 4.94. The molecular weight excluding hydrogens is 311 g/mol. The van der Waals surface area contributed by atoms with Gasteiger partial charge < -0.3 is 10.1 Å². The summed E-state index contributed by atoms with van der Waals surface area (Å²) in [6.07, 6.45) is 4.04. The maximum Gasteiger partial charge on any atom is 0.275 e. The first-order chi connectivity index (χ1) is 11.6. The van der Waals surface area contributed by atoms with Gasteiger partial charge in [0.05, 0.1) is 12.4 Å². The first-order valence-corrected chi connectivity index (χ1v) is 7.09. The fourth-order valence-electron chi connectivity index (χ4n) is 2.01. The van der Waals surface area contributed by atoms with E-state index < -0.39 is 11.7 Å². The van der Waals surface area contributed by atoms with Gasteiger partial charge in [-0.2, -0.15) is 0 Å². The minimum absolute atomic E-state index is 0.167. The van der Waals surface area contributed by atoms with Crippen molar-refractivity contribution < 1.29 is 13.9 Å². The summed E-state index contributed by atoms with van der Waals surface area (Å²) in [5, 5.41) is 2.65. The monoisotopic (exact) mass is 324 g/mol. The lowest BCUT2D eigenvalue weighted by Crippen LogP contribution is -2.15. The number of nitrogens with one attached hydrogen (secondary N) is 1. The van der Waals surface area contributed by atoms with Crippen LogP contribution in [0.4, 0.5) is 10.2 Å². The zero-order valence-corrected chi connectivity index (χ0v) is 12.7. The Morgan fingerprint density at radius 1 is 1.17 bits per heavy atom. The SMILES string of the molecule is Cc1cc(Oc2cncc(F)c2)cc(C(=O)Nc2ccccn2)n1. The van der Waals surface area contributed by atoms with Gasteiger partial charge in [0, 0.05) is 30.1 Å². The highest BCUT2D eigenvalue weighted by molar-refractivity contribution is 6.02. The fraction of sp³-hybridized carbons (Fsp3) is 0.0588. The molecule has 7 heteroatoms. The van der Waals surface area contributed by atoms with Crippen LogP contribution >= 0.6 is 0 Å². The number of nitrogens with zero attached hydrogens (tertiary/aromatic N) is 3. The quantitative estimate of drug-likeness (QED) is 0.796. The van der Waals surface area contributed by atoms with E-state index in [4.69, 9.17) is 4.74 Å². The molecule has 3 rings (SSSR count). The molecule has 24 heavy (non-hydrogen) atoms. The molecule has 0 aliphatic rings. The van der Waals surface area contributed by atoms with Crippen molar-refractivity contribution >= 4 is 11.7 Å². The molecular formula is C17H13FN4O2. The van der Waals surface area contributed by atoms with Crippen LogP contribution in [-0.2, 0) is 0 Å². The van der Waals surface area contributed by atoms with E-state index in [9.17, 15) is 9.18 Å². The van der Waals surface area contributed by atoms with E-state index in [1.807, 2.05) is 0 Å². The van der Waals surface area contributed by atoms with E-state index in [1.165, 1.54) is 18.3 Å². The van der Waals surface area contributed by atoms with Crippen molar-refractivity contribution in [2.75, 3.05) is 5.32 Å². The number of aromatic nitrogens is 3. The summed E-state index contributed by atoms with van der Waals surface area (Å²) in [5.74, 6) is 0.0892. The van der Waals surface area contributed by atoms with E-state index in [0.717, 1.165) is 6.20 Å². The summed E-state index contributed by atoms with van der Waals surface area (Å²) in [6, 6.07) is 9.50. The molecule has 0 atom stereocenters. The Kier molecular flexibility index (Phi) is 4.42. The lowest BCUT2D eigenvalue weighted by atomic mass is 10.2. The maximum absolute atomic E-state index is 13.2. The number of rotatable bonds is 4. The Bertz CT molecular complexity index is 871. The Labute approximate surface area is 137 Å². The van der Waals surface area contributed by atoms with Gasteiger partial charge in [-0.1, -0.05) is 6.07 Å². The van der Waals surface area contributed by atoms with Crippen molar-refractivity contribution in [3.8, 4) is 11.5 Å². The number of anilines is 1. The Balaban J connectivity index is 1.82. The number of carbonyl (C=O) groups excluding carboxylic acids is 1. The molecule has 0 radical (unpaired) electrons. The molecule has 6 nitrogen and oxygen atoms in total. The van der Waals surface area contributed by atoms with Gasteiger partial charge in [0.1, 0.15) is 28.8 Å². The van der Waals surface area contributed by atoms with Gasteiger partial charge in [0.25, 0.3) is 5.91 Å². The van der Waals surface area contributed by atoms with E-state index in [-0.39, 0.29) is 11.4 Å². The van der Waals surface area contributed by atoms with Gasteiger partial charge in [-0.3, -0.25) is 9.78 Å². The van der Waals surface area contributed by atoms with E-state index >= 15 is 0 Å². The second-order valence-electron chi connectivity index (χ2n) is 4.94. The lowest BCUT2D eigenvalue weighted by molar-refractivity contribution is 0.102. The van der Waals surface area contributed by atoms with E-state index in [1.54, 1.807) is 37.4 Å². The summed E-state index contributed by atoms with van der Waals surface area (Å²) >= 11 is 0. The Hall–Kier alpha value is -3.35. The molecule has 0 aliphatic heterocycles. The number of amides is 1. The predicted molar refractivity (Wildman–Crippen MR) is 85.4 cm³/mol. The number of hydrogen-bond donors (Lipinski definition) is 1. The molecule has 0 aliphatic carbocycles. The van der Waals surface area contributed by atoms with Gasteiger partial charge in [-0.05, 0) is 19.1 Å². The highest BCUT2D eigenvalue weighted by atomic mass is 19.1. The van der Waals surface area contributed by atoms with Crippen molar-refractivity contribution in [2.45, 2.75) is 6.92 Å². The number of carbonyl (C=O) groups is 1. The van der Waals surface area contributed by atoms with Gasteiger partial charge >= 0.3 is 0 Å². The third-order valence-electron chi connectivity index (χ3n) is 2.98. The van der Waals surface area contributed by atoms with Gasteiger partial charge in [0.15, 0.2) is 0 Å². The van der Waals surface area contributed by atoms with Crippen LogP contribution in [0.3, 0.4) is 0 Å². The molecule has 3 aromatic heterocycles. The van der Waals surface area contributed by atoms with Crippen molar-refractivity contribution in [3.05, 3.63) is 72.2 Å². The third kappa shape index (κ3) is 3.89. The molecule has 3 aromatic rings. The molecule has 0 saturated heterocycles. The standard InChI is InChI=1S/C17H13FN4O2/c1-11-6-13(24-14-7-12(18)9-19-10-14)8-15(21-11)17(23)22-16-4-2-3-5-20-16/h2-10H,1H3,(H,20,22,23). The second kappa shape index (κ2) is 6.82. The molecule has 120 valence electrons. The number of hydrogen-bond acceptors (Lipinski definition) is 5. The number of ether oxygens (including phenoxy) is 1. The third-order valence-corrected chi connectivity index (χ3v) is 2.98. The average molecular weight is 324 g/mol. The molecule has 0 bridgehead atoms. The summed E-state index contributed by atoms with van der Waals surface area (Å²) < 4.78 is 18.7. The molecule has 1 N–H and O–H groups in total.